The molecule has 0 aliphatic carbocycles. The van der Waals surface area contributed by atoms with Gasteiger partial charge in [-0.2, -0.15) is 0 Å². The molecular weight excluding hydrogens is 515 g/mol. The summed E-state index contributed by atoms with van der Waals surface area (Å²) in [7, 11) is 1.29. The number of hydrogen-bond acceptors (Lipinski definition) is 6. The molecule has 2 aliphatic heterocycles. The summed E-state index contributed by atoms with van der Waals surface area (Å²) < 4.78 is 24.3. The van der Waals surface area contributed by atoms with E-state index >= 15 is 0 Å². The van der Waals surface area contributed by atoms with Crippen molar-refractivity contribution >= 4 is 46.8 Å². The van der Waals surface area contributed by atoms with Crippen molar-refractivity contribution in [2.24, 2.45) is 0 Å². The van der Waals surface area contributed by atoms with Crippen molar-refractivity contribution in [3.63, 3.8) is 0 Å². The van der Waals surface area contributed by atoms with Gasteiger partial charge in [-0.25, -0.2) is 9.18 Å². The maximum absolute atomic E-state index is 13.5. The number of carbonyl (C=O) groups is 3. The number of aromatic nitrogens is 1. The van der Waals surface area contributed by atoms with Crippen LogP contribution in [0.5, 0.6) is 5.75 Å². The van der Waals surface area contributed by atoms with Crippen molar-refractivity contribution in [1.82, 2.24) is 15.2 Å². The van der Waals surface area contributed by atoms with Crippen molar-refractivity contribution in [3.8, 4) is 5.75 Å². The van der Waals surface area contributed by atoms with E-state index in [1.807, 2.05) is 6.20 Å². The molecule has 0 bridgehead atoms. The Kier molecular flexibility index (Phi) is 8.53. The van der Waals surface area contributed by atoms with E-state index in [0.29, 0.717) is 43.9 Å². The third-order valence-electron chi connectivity index (χ3n) is 7.05. The summed E-state index contributed by atoms with van der Waals surface area (Å²) in [5.74, 6) is -1.69. The summed E-state index contributed by atoms with van der Waals surface area (Å²) in [4.78, 5) is 42.5. The smallest absolute Gasteiger partial charge is 0.341 e. The number of methoxy groups -OCH3 is 1. The number of nitrogens with zero attached hydrogens (tertiary/aromatic N) is 1. The Morgan fingerprint density at radius 3 is 2.58 bits per heavy atom. The largest absolute Gasteiger partial charge is 0.488 e. The molecule has 2 aromatic carbocycles. The van der Waals surface area contributed by atoms with Gasteiger partial charge in [0.05, 0.1) is 7.11 Å². The highest BCUT2D eigenvalue weighted by Crippen LogP contribution is 2.33. The second-order valence-corrected chi connectivity index (χ2v) is 9.39. The number of halogens is 2. The SMILES string of the molecule is COC(=O)c1ccc(NC(=O)C(=O)N2CCC(c3c[nH]c4cc(F)ccc34)CC2)cc1OC1CCNC1.Cl. The van der Waals surface area contributed by atoms with Gasteiger partial charge in [0.2, 0.25) is 0 Å². The molecule has 2 fully saturated rings. The predicted octanol–water partition coefficient (Wildman–Crippen LogP) is 3.60. The molecule has 1 aromatic heterocycles. The zero-order chi connectivity index (χ0) is 25.9. The third-order valence-corrected chi connectivity index (χ3v) is 7.05. The van der Waals surface area contributed by atoms with E-state index < -0.39 is 17.8 Å². The molecule has 38 heavy (non-hydrogen) atoms. The number of H-pyrrole nitrogens is 1. The van der Waals surface area contributed by atoms with Crippen LogP contribution in [0.4, 0.5) is 10.1 Å². The molecule has 2 aliphatic rings. The predicted molar refractivity (Wildman–Crippen MR) is 142 cm³/mol. The van der Waals surface area contributed by atoms with Gasteiger partial charge in [-0.15, -0.1) is 12.4 Å². The van der Waals surface area contributed by atoms with E-state index in [-0.39, 0.29) is 35.8 Å². The van der Waals surface area contributed by atoms with Crippen LogP contribution in [0.2, 0.25) is 0 Å². The molecule has 9 nitrogen and oxygen atoms in total. The summed E-state index contributed by atoms with van der Waals surface area (Å²) in [6.45, 7) is 2.35. The Hall–Kier alpha value is -3.63. The summed E-state index contributed by atoms with van der Waals surface area (Å²) in [5, 5.41) is 6.81. The van der Waals surface area contributed by atoms with E-state index in [0.717, 1.165) is 29.4 Å². The van der Waals surface area contributed by atoms with E-state index in [1.54, 1.807) is 23.1 Å². The molecule has 3 aromatic rings. The van der Waals surface area contributed by atoms with Gasteiger partial charge in [-0.1, -0.05) is 0 Å². The number of esters is 1. The first kappa shape index (κ1) is 27.4. The molecule has 1 unspecified atom stereocenters. The number of fused-ring (bicyclic) bond motifs is 1. The topological polar surface area (TPSA) is 113 Å². The van der Waals surface area contributed by atoms with Crippen molar-refractivity contribution < 1.29 is 28.2 Å². The minimum Gasteiger partial charge on any atom is -0.488 e. The Balaban J connectivity index is 0.00000336. The van der Waals surface area contributed by atoms with Crippen molar-refractivity contribution in [2.75, 3.05) is 38.6 Å². The van der Waals surface area contributed by atoms with Crippen molar-refractivity contribution in [2.45, 2.75) is 31.3 Å². The lowest BCUT2D eigenvalue weighted by Crippen LogP contribution is -2.43. The number of likely N-dealkylation sites (tertiary alicyclic amines) is 1. The highest BCUT2D eigenvalue weighted by Gasteiger charge is 2.29. The lowest BCUT2D eigenvalue weighted by Gasteiger charge is -2.31. The van der Waals surface area contributed by atoms with Gasteiger partial charge in [0.1, 0.15) is 23.2 Å². The van der Waals surface area contributed by atoms with Crippen LogP contribution < -0.4 is 15.4 Å². The van der Waals surface area contributed by atoms with Gasteiger partial charge < -0.3 is 30.0 Å². The fraction of sp³-hybridized carbons (Fsp3) is 0.370. The highest BCUT2D eigenvalue weighted by molar-refractivity contribution is 6.39. The van der Waals surface area contributed by atoms with Gasteiger partial charge in [0.25, 0.3) is 0 Å². The second-order valence-electron chi connectivity index (χ2n) is 9.39. The molecular formula is C27H30ClFN4O5. The Morgan fingerprint density at radius 1 is 1.08 bits per heavy atom. The molecule has 202 valence electrons. The molecule has 11 heteroatoms. The molecule has 3 heterocycles. The van der Waals surface area contributed by atoms with E-state index in [9.17, 15) is 18.8 Å². The summed E-state index contributed by atoms with van der Waals surface area (Å²) in [6, 6.07) is 9.30. The molecule has 2 amide bonds. The number of rotatable bonds is 5. The van der Waals surface area contributed by atoms with Crippen LogP contribution in [0, 0.1) is 5.82 Å². The fourth-order valence-corrected chi connectivity index (χ4v) is 5.06. The average Bonchev–Trinajstić information content (AvgIpc) is 3.58. The number of ether oxygens (including phenoxy) is 2. The number of anilines is 1. The average molecular weight is 545 g/mol. The number of aromatic amines is 1. The molecule has 0 saturated carbocycles. The molecule has 0 spiro atoms. The van der Waals surface area contributed by atoms with Crippen molar-refractivity contribution in [1.29, 1.82) is 0 Å². The van der Waals surface area contributed by atoms with Crippen LogP contribution in [0.15, 0.2) is 42.6 Å². The van der Waals surface area contributed by atoms with Gasteiger partial charge >= 0.3 is 17.8 Å². The monoisotopic (exact) mass is 544 g/mol. The maximum Gasteiger partial charge on any atom is 0.341 e. The first-order valence-corrected chi connectivity index (χ1v) is 12.4. The molecule has 0 radical (unpaired) electrons. The van der Waals surface area contributed by atoms with Gasteiger partial charge in [-0.3, -0.25) is 9.59 Å². The normalized spacial score (nSPS) is 17.6. The van der Waals surface area contributed by atoms with Crippen LogP contribution in [0.3, 0.4) is 0 Å². The van der Waals surface area contributed by atoms with E-state index in [1.165, 1.54) is 25.3 Å². The number of nitrogens with one attached hydrogen (secondary N) is 3. The minimum atomic E-state index is -0.750. The first-order chi connectivity index (χ1) is 17.9. The van der Waals surface area contributed by atoms with Crippen LogP contribution in [0.1, 0.15) is 41.1 Å². The highest BCUT2D eigenvalue weighted by atomic mass is 35.5. The minimum absolute atomic E-state index is 0. The zero-order valence-corrected chi connectivity index (χ0v) is 21.7. The molecule has 2 saturated heterocycles. The van der Waals surface area contributed by atoms with Gasteiger partial charge in [0, 0.05) is 48.5 Å². The summed E-state index contributed by atoms with van der Waals surface area (Å²) in [6.07, 6.45) is 3.99. The standard InChI is InChI=1S/C27H29FN4O5.ClH/c1-36-27(35)21-5-3-18(13-24(21)37-19-6-9-29-14-19)31-25(33)26(34)32-10-7-16(8-11-32)22-15-30-23-12-17(28)2-4-20(22)23;/h2-5,12-13,15-16,19,29-30H,6-11,14H2,1H3,(H,31,33);1H. The van der Waals surface area contributed by atoms with Crippen LogP contribution >= 0.6 is 12.4 Å². The number of amides is 2. The Morgan fingerprint density at radius 2 is 1.87 bits per heavy atom. The summed E-state index contributed by atoms with van der Waals surface area (Å²) >= 11 is 0. The quantitative estimate of drug-likeness (QED) is 0.334. The lowest BCUT2D eigenvalue weighted by molar-refractivity contribution is -0.143. The zero-order valence-electron chi connectivity index (χ0n) is 20.9. The Bertz CT molecular complexity index is 1330. The lowest BCUT2D eigenvalue weighted by atomic mass is 9.89. The number of piperidine rings is 1. The fourth-order valence-electron chi connectivity index (χ4n) is 5.06. The van der Waals surface area contributed by atoms with E-state index in [4.69, 9.17) is 9.47 Å². The van der Waals surface area contributed by atoms with E-state index in [2.05, 4.69) is 15.6 Å². The second kappa shape index (κ2) is 11.8. The number of hydrogen-bond donors (Lipinski definition) is 3. The third kappa shape index (κ3) is 5.76. The Labute approximate surface area is 225 Å². The first-order valence-electron chi connectivity index (χ1n) is 12.4. The number of carbonyl (C=O) groups excluding carboxylic acids is 3. The summed E-state index contributed by atoms with van der Waals surface area (Å²) in [5.41, 5.74) is 2.45. The number of benzene rings is 2. The van der Waals surface area contributed by atoms with Crippen LogP contribution in [-0.4, -0.2) is 67.1 Å². The van der Waals surface area contributed by atoms with Crippen molar-refractivity contribution in [3.05, 3.63) is 59.5 Å². The molecule has 5 rings (SSSR count). The molecule has 1 atom stereocenters. The van der Waals surface area contributed by atoms with Crippen LogP contribution in [-0.2, 0) is 14.3 Å². The molecule has 3 N–H and O–H groups in total. The van der Waals surface area contributed by atoms with Crippen LogP contribution in [0.25, 0.3) is 10.9 Å². The maximum atomic E-state index is 13.5. The van der Waals surface area contributed by atoms with Gasteiger partial charge in [0.15, 0.2) is 0 Å². The van der Waals surface area contributed by atoms with Gasteiger partial charge in [-0.05, 0) is 67.6 Å².